The van der Waals surface area contributed by atoms with Crippen molar-refractivity contribution in [2.45, 2.75) is 26.4 Å². The van der Waals surface area contributed by atoms with Gasteiger partial charge in [-0.15, -0.1) is 0 Å². The van der Waals surface area contributed by atoms with E-state index in [2.05, 4.69) is 0 Å². The van der Waals surface area contributed by atoms with Crippen LogP contribution in [-0.2, 0) is 14.3 Å². The van der Waals surface area contributed by atoms with Gasteiger partial charge in [-0.3, -0.25) is 4.79 Å². The van der Waals surface area contributed by atoms with Gasteiger partial charge in [0.15, 0.2) is 5.78 Å². The lowest BCUT2D eigenvalue weighted by molar-refractivity contribution is -0.128. The van der Waals surface area contributed by atoms with Crippen LogP contribution in [0.1, 0.15) is 20.8 Å². The molecule has 0 spiro atoms. The summed E-state index contributed by atoms with van der Waals surface area (Å²) in [7, 11) is 0. The topological polar surface area (TPSA) is 35.5 Å². The third-order valence-corrected chi connectivity index (χ3v) is 1.76. The minimum Gasteiger partial charge on any atom is -0.495 e. The molecule has 0 fully saturated rings. The van der Waals surface area contributed by atoms with E-state index in [1.807, 2.05) is 20.8 Å². The third-order valence-electron chi connectivity index (χ3n) is 1.76. The zero-order valence-corrected chi connectivity index (χ0v) is 7.72. The van der Waals surface area contributed by atoms with Crippen LogP contribution in [0.3, 0.4) is 0 Å². The van der Waals surface area contributed by atoms with E-state index >= 15 is 0 Å². The van der Waals surface area contributed by atoms with Gasteiger partial charge in [-0.05, 0) is 20.8 Å². The number of carbonyl (C=O) groups excluding carboxylic acids is 1. The molecule has 0 radical (unpaired) electrons. The van der Waals surface area contributed by atoms with Crippen molar-refractivity contribution >= 4 is 5.78 Å². The normalized spacial score (nSPS) is 21.9. The summed E-state index contributed by atoms with van der Waals surface area (Å²) in [4.78, 5) is 11.0. The summed E-state index contributed by atoms with van der Waals surface area (Å²) < 4.78 is 10.6. The van der Waals surface area contributed by atoms with E-state index in [-0.39, 0.29) is 12.4 Å². The average Bonchev–Trinajstić information content (AvgIpc) is 1.98. The Hall–Kier alpha value is -0.830. The van der Waals surface area contributed by atoms with Gasteiger partial charge in [0.1, 0.15) is 18.0 Å². The lowest BCUT2D eigenvalue weighted by atomic mass is 10.0. The Labute approximate surface area is 72.4 Å². The van der Waals surface area contributed by atoms with Gasteiger partial charge in [0.05, 0.1) is 6.61 Å². The first-order valence-electron chi connectivity index (χ1n) is 4.08. The van der Waals surface area contributed by atoms with Crippen LogP contribution in [0.25, 0.3) is 0 Å². The summed E-state index contributed by atoms with van der Waals surface area (Å²) >= 11 is 0. The van der Waals surface area contributed by atoms with Gasteiger partial charge >= 0.3 is 0 Å². The van der Waals surface area contributed by atoms with E-state index in [0.29, 0.717) is 12.4 Å². The Morgan fingerprint density at radius 2 is 2.33 bits per heavy atom. The monoisotopic (exact) mass is 170 g/mol. The molecule has 68 valence electrons. The standard InChI is InChI=1S/C9H14O3/c1-4-11-8-5-7(10)6-12-9(8,2)3/h5H,4,6H2,1-3H3. The van der Waals surface area contributed by atoms with Crippen molar-refractivity contribution < 1.29 is 14.3 Å². The van der Waals surface area contributed by atoms with Crippen LogP contribution < -0.4 is 0 Å². The molecule has 0 amide bonds. The average molecular weight is 170 g/mol. The summed E-state index contributed by atoms with van der Waals surface area (Å²) in [6, 6.07) is 0. The Balaban J connectivity index is 2.81. The Kier molecular flexibility index (Phi) is 2.52. The van der Waals surface area contributed by atoms with Crippen LogP contribution in [0.2, 0.25) is 0 Å². The van der Waals surface area contributed by atoms with Crippen molar-refractivity contribution in [3.8, 4) is 0 Å². The molecule has 1 heterocycles. The maximum Gasteiger partial charge on any atom is 0.184 e. The van der Waals surface area contributed by atoms with Crippen LogP contribution in [0.15, 0.2) is 11.8 Å². The third kappa shape index (κ3) is 1.85. The Morgan fingerprint density at radius 1 is 1.67 bits per heavy atom. The van der Waals surface area contributed by atoms with Gasteiger partial charge in [0.25, 0.3) is 0 Å². The SMILES string of the molecule is CCOC1=CC(=O)COC1(C)C. The van der Waals surface area contributed by atoms with Gasteiger partial charge in [0, 0.05) is 6.08 Å². The Morgan fingerprint density at radius 3 is 2.92 bits per heavy atom. The lowest BCUT2D eigenvalue weighted by Gasteiger charge is -2.30. The zero-order valence-electron chi connectivity index (χ0n) is 7.72. The second-order valence-electron chi connectivity index (χ2n) is 3.21. The van der Waals surface area contributed by atoms with Crippen LogP contribution in [0, 0.1) is 0 Å². The first-order valence-corrected chi connectivity index (χ1v) is 4.08. The molecule has 3 heteroatoms. The maximum absolute atomic E-state index is 11.0. The molecular weight excluding hydrogens is 156 g/mol. The van der Waals surface area contributed by atoms with Crippen molar-refractivity contribution in [2.24, 2.45) is 0 Å². The molecule has 12 heavy (non-hydrogen) atoms. The lowest BCUT2D eigenvalue weighted by Crippen LogP contribution is -2.35. The van der Waals surface area contributed by atoms with Gasteiger partial charge < -0.3 is 9.47 Å². The van der Waals surface area contributed by atoms with Crippen molar-refractivity contribution in [1.82, 2.24) is 0 Å². The number of rotatable bonds is 2. The fraction of sp³-hybridized carbons (Fsp3) is 0.667. The molecule has 1 aliphatic rings. The van der Waals surface area contributed by atoms with Crippen LogP contribution >= 0.6 is 0 Å². The molecule has 0 atom stereocenters. The highest BCUT2D eigenvalue weighted by atomic mass is 16.5. The Bertz CT molecular complexity index is 216. The molecule has 0 aromatic heterocycles. The molecule has 0 saturated heterocycles. The van der Waals surface area contributed by atoms with Crippen LogP contribution in [-0.4, -0.2) is 24.6 Å². The summed E-state index contributed by atoms with van der Waals surface area (Å²) in [6.45, 7) is 6.38. The quantitative estimate of drug-likeness (QED) is 0.626. The summed E-state index contributed by atoms with van der Waals surface area (Å²) in [5.41, 5.74) is -0.454. The summed E-state index contributed by atoms with van der Waals surface area (Å²) in [6.07, 6.45) is 1.52. The van der Waals surface area contributed by atoms with Crippen molar-refractivity contribution in [1.29, 1.82) is 0 Å². The first kappa shape index (κ1) is 9.26. The minimum atomic E-state index is -0.454. The fourth-order valence-corrected chi connectivity index (χ4v) is 1.06. The van der Waals surface area contributed by atoms with Crippen LogP contribution in [0.4, 0.5) is 0 Å². The van der Waals surface area contributed by atoms with Crippen molar-refractivity contribution in [2.75, 3.05) is 13.2 Å². The van der Waals surface area contributed by atoms with E-state index in [0.717, 1.165) is 0 Å². The predicted octanol–water partition coefficient (Wildman–Crippen LogP) is 1.28. The van der Waals surface area contributed by atoms with Gasteiger partial charge in [-0.1, -0.05) is 0 Å². The van der Waals surface area contributed by atoms with Gasteiger partial charge in [-0.2, -0.15) is 0 Å². The molecule has 1 rings (SSSR count). The fourth-order valence-electron chi connectivity index (χ4n) is 1.06. The highest BCUT2D eigenvalue weighted by molar-refractivity contribution is 5.92. The molecular formula is C9H14O3. The summed E-state index contributed by atoms with van der Waals surface area (Å²) in [5.74, 6) is 0.596. The molecule has 0 N–H and O–H groups in total. The summed E-state index contributed by atoms with van der Waals surface area (Å²) in [5, 5.41) is 0. The highest BCUT2D eigenvalue weighted by Gasteiger charge is 2.30. The van der Waals surface area contributed by atoms with Crippen LogP contribution in [0.5, 0.6) is 0 Å². The first-order chi connectivity index (χ1) is 5.56. The van der Waals surface area contributed by atoms with E-state index in [4.69, 9.17) is 9.47 Å². The zero-order chi connectivity index (χ0) is 9.19. The minimum absolute atomic E-state index is 0.0298. The molecule has 0 unspecified atom stereocenters. The van der Waals surface area contributed by atoms with E-state index in [1.165, 1.54) is 6.08 Å². The smallest absolute Gasteiger partial charge is 0.184 e. The molecule has 0 aliphatic carbocycles. The second-order valence-corrected chi connectivity index (χ2v) is 3.21. The number of hydrogen-bond acceptors (Lipinski definition) is 3. The molecule has 0 aromatic carbocycles. The number of ketones is 1. The largest absolute Gasteiger partial charge is 0.495 e. The molecule has 0 aromatic rings. The second kappa shape index (κ2) is 3.27. The number of carbonyl (C=O) groups is 1. The molecule has 1 aliphatic heterocycles. The highest BCUT2D eigenvalue weighted by Crippen LogP contribution is 2.24. The van der Waals surface area contributed by atoms with Gasteiger partial charge in [-0.25, -0.2) is 0 Å². The van der Waals surface area contributed by atoms with E-state index in [9.17, 15) is 4.79 Å². The molecule has 0 saturated carbocycles. The predicted molar refractivity (Wildman–Crippen MR) is 44.7 cm³/mol. The molecule has 0 bridgehead atoms. The van der Waals surface area contributed by atoms with Crippen molar-refractivity contribution in [3.05, 3.63) is 11.8 Å². The number of hydrogen-bond donors (Lipinski definition) is 0. The number of ether oxygens (including phenoxy) is 2. The van der Waals surface area contributed by atoms with E-state index in [1.54, 1.807) is 0 Å². The van der Waals surface area contributed by atoms with Gasteiger partial charge in [0.2, 0.25) is 0 Å². The van der Waals surface area contributed by atoms with E-state index < -0.39 is 5.60 Å². The molecule has 3 nitrogen and oxygen atoms in total. The van der Waals surface area contributed by atoms with Crippen molar-refractivity contribution in [3.63, 3.8) is 0 Å². The maximum atomic E-state index is 11.0.